The molecule has 2 N–H and O–H groups in total. The number of nitrogens with zero attached hydrogens (tertiary/aromatic N) is 5. The molecule has 170 valence electrons. The lowest BCUT2D eigenvalue weighted by Crippen LogP contribution is -2.30. The number of ether oxygens (including phenoxy) is 3. The van der Waals surface area contributed by atoms with Crippen LogP contribution in [0.4, 0.5) is 4.79 Å². The summed E-state index contributed by atoms with van der Waals surface area (Å²) in [6.07, 6.45) is 0.984. The van der Waals surface area contributed by atoms with Crippen LogP contribution in [0.25, 0.3) is 16.9 Å². The number of carbonyl (C=O) groups is 1. The van der Waals surface area contributed by atoms with Gasteiger partial charge in [0, 0.05) is 20.2 Å². The normalized spacial score (nSPS) is 21.8. The lowest BCUT2D eigenvalue weighted by atomic mass is 10.3. The predicted octanol–water partition coefficient (Wildman–Crippen LogP) is 0.342. The second-order valence-electron chi connectivity index (χ2n) is 7.40. The molecule has 1 aromatic carbocycles. The van der Waals surface area contributed by atoms with Gasteiger partial charge in [0.25, 0.3) is 0 Å². The summed E-state index contributed by atoms with van der Waals surface area (Å²) in [5.74, 6) is 1.05. The second kappa shape index (κ2) is 7.72. The Labute approximate surface area is 182 Å². The maximum atomic E-state index is 13.2. The molecular formula is C18H21N7O6S. The number of carbonyl (C=O) groups excluding carboxylic acids is 1. The van der Waals surface area contributed by atoms with Crippen molar-refractivity contribution in [2.45, 2.75) is 23.5 Å². The molecule has 0 aliphatic carbocycles. The molecule has 2 fully saturated rings. The molecular weight excluding hydrogens is 442 g/mol. The Bertz CT molecular complexity index is 1290. The Hall–Kier alpha value is -3.23. The molecule has 0 spiro atoms. The van der Waals surface area contributed by atoms with E-state index in [1.807, 2.05) is 0 Å². The number of alkyl carbamates (subject to hydrolysis) is 1. The monoisotopic (exact) mass is 463 g/mol. The summed E-state index contributed by atoms with van der Waals surface area (Å²) >= 11 is 0. The van der Waals surface area contributed by atoms with Gasteiger partial charge in [-0.05, 0) is 18.6 Å². The number of imidazole rings is 1. The van der Waals surface area contributed by atoms with Gasteiger partial charge in [0.15, 0.2) is 29.0 Å². The third-order valence-corrected chi connectivity index (χ3v) is 7.48. The minimum absolute atomic E-state index is 0.0190. The van der Waals surface area contributed by atoms with Gasteiger partial charge in [-0.1, -0.05) is 5.21 Å². The largest absolute Gasteiger partial charge is 0.493 e. The zero-order valence-corrected chi connectivity index (χ0v) is 18.1. The number of hydrogen-bond donors (Lipinski definition) is 2. The summed E-state index contributed by atoms with van der Waals surface area (Å²) in [5, 5.41) is 10.9. The Kier molecular flexibility index (Phi) is 4.98. The zero-order valence-electron chi connectivity index (χ0n) is 17.3. The van der Waals surface area contributed by atoms with Crippen LogP contribution >= 0.6 is 0 Å². The summed E-state index contributed by atoms with van der Waals surface area (Å²) in [4.78, 5) is 18.6. The molecule has 0 bridgehead atoms. The number of nitrogens with one attached hydrogen (secondary N) is 2. The van der Waals surface area contributed by atoms with E-state index in [1.54, 1.807) is 13.2 Å². The van der Waals surface area contributed by atoms with Gasteiger partial charge in [-0.3, -0.25) is 0 Å². The number of aromatic nitrogens is 5. The van der Waals surface area contributed by atoms with E-state index in [0.29, 0.717) is 42.2 Å². The summed E-state index contributed by atoms with van der Waals surface area (Å²) in [5.41, 5.74) is 0.815. The van der Waals surface area contributed by atoms with Gasteiger partial charge in [0.1, 0.15) is 10.4 Å². The zero-order chi connectivity index (χ0) is 22.5. The number of fused-ring (bicyclic) bond motifs is 1. The van der Waals surface area contributed by atoms with E-state index in [0.717, 1.165) is 0 Å². The number of benzene rings is 1. The smallest absolute Gasteiger partial charge is 0.408 e. The van der Waals surface area contributed by atoms with E-state index >= 15 is 0 Å². The average molecular weight is 463 g/mol. The van der Waals surface area contributed by atoms with E-state index in [1.165, 1.54) is 28.4 Å². The molecule has 32 heavy (non-hydrogen) atoms. The van der Waals surface area contributed by atoms with Crippen molar-refractivity contribution < 1.29 is 27.4 Å². The number of methoxy groups -OCH3 is 2. The molecule has 0 saturated carbocycles. The first-order chi connectivity index (χ1) is 15.4. The molecule has 2 aliphatic rings. The van der Waals surface area contributed by atoms with Crippen molar-refractivity contribution in [3.05, 3.63) is 24.2 Å². The van der Waals surface area contributed by atoms with Crippen LogP contribution in [-0.4, -0.2) is 83.7 Å². The predicted molar refractivity (Wildman–Crippen MR) is 109 cm³/mol. The van der Waals surface area contributed by atoms with Crippen LogP contribution in [0.15, 0.2) is 23.2 Å². The number of amides is 1. The highest BCUT2D eigenvalue weighted by Gasteiger charge is 2.35. The molecule has 2 aromatic heterocycles. The van der Waals surface area contributed by atoms with E-state index < -0.39 is 22.2 Å². The second-order valence-corrected chi connectivity index (χ2v) is 9.31. The number of sulfonamides is 1. The summed E-state index contributed by atoms with van der Waals surface area (Å²) in [7, 11) is -0.845. The topological polar surface area (TPSA) is 154 Å². The fraction of sp³-hybridized carbons (Fsp3) is 0.444. The molecule has 14 heteroatoms. The van der Waals surface area contributed by atoms with Crippen LogP contribution < -0.4 is 10.1 Å². The van der Waals surface area contributed by atoms with E-state index in [2.05, 4.69) is 25.6 Å². The summed E-state index contributed by atoms with van der Waals surface area (Å²) in [6, 6.07) is 3.10. The maximum absolute atomic E-state index is 13.2. The minimum Gasteiger partial charge on any atom is -0.493 e. The number of cyclic esters (lactones) is 1. The molecule has 5 rings (SSSR count). The number of H-pyrrole nitrogens is 1. The highest BCUT2D eigenvalue weighted by molar-refractivity contribution is 7.89. The Morgan fingerprint density at radius 1 is 1.28 bits per heavy atom. The highest BCUT2D eigenvalue weighted by atomic mass is 32.2. The van der Waals surface area contributed by atoms with Crippen LogP contribution in [-0.2, 0) is 19.5 Å². The van der Waals surface area contributed by atoms with Crippen molar-refractivity contribution >= 4 is 27.1 Å². The fourth-order valence-electron chi connectivity index (χ4n) is 3.91. The highest BCUT2D eigenvalue weighted by Crippen LogP contribution is 2.35. The van der Waals surface area contributed by atoms with E-state index in [-0.39, 0.29) is 23.3 Å². The van der Waals surface area contributed by atoms with Gasteiger partial charge in [-0.2, -0.15) is 8.99 Å². The van der Waals surface area contributed by atoms with Crippen LogP contribution in [0.2, 0.25) is 0 Å². The first-order valence-electron chi connectivity index (χ1n) is 9.87. The molecule has 4 heterocycles. The van der Waals surface area contributed by atoms with E-state index in [9.17, 15) is 13.2 Å². The van der Waals surface area contributed by atoms with Crippen LogP contribution in [0.5, 0.6) is 5.75 Å². The standard InChI is InChI=1S/C18H21N7O6S/c1-29-10-5-6-24(9-10)32(27,28)13-4-3-11-15(16(13)30-2)22-23-25(11)14-8-19-17(21-14)12-7-20-18(26)31-12/h3-4,8,10,12H,5-7,9H2,1-2H3,(H,19,21)(H,20,26). The van der Waals surface area contributed by atoms with Crippen molar-refractivity contribution in [1.82, 2.24) is 34.6 Å². The molecule has 2 aliphatic heterocycles. The maximum Gasteiger partial charge on any atom is 0.408 e. The quantitative estimate of drug-likeness (QED) is 0.527. The molecule has 2 saturated heterocycles. The van der Waals surface area contributed by atoms with Crippen LogP contribution in [0.1, 0.15) is 18.3 Å². The van der Waals surface area contributed by atoms with Crippen LogP contribution in [0.3, 0.4) is 0 Å². The van der Waals surface area contributed by atoms with Gasteiger partial charge in [-0.15, -0.1) is 5.10 Å². The SMILES string of the molecule is COc1c(S(=O)(=O)N2CCC(OC)C2)ccc2c1nnn2-c1cnc(C2CNC(=O)O2)[nH]1. The minimum atomic E-state index is -3.81. The van der Waals surface area contributed by atoms with Gasteiger partial charge >= 0.3 is 6.09 Å². The fourth-order valence-corrected chi connectivity index (χ4v) is 5.55. The molecule has 0 radical (unpaired) electrons. The Morgan fingerprint density at radius 3 is 2.81 bits per heavy atom. The van der Waals surface area contributed by atoms with Crippen molar-refractivity contribution in [2.75, 3.05) is 33.9 Å². The molecule has 2 atom stereocenters. The first-order valence-corrected chi connectivity index (χ1v) is 11.3. The van der Waals surface area contributed by atoms with Crippen molar-refractivity contribution in [2.24, 2.45) is 0 Å². The third kappa shape index (κ3) is 3.27. The lowest BCUT2D eigenvalue weighted by Gasteiger charge is -2.18. The van der Waals surface area contributed by atoms with Crippen molar-refractivity contribution in [3.8, 4) is 11.6 Å². The van der Waals surface area contributed by atoms with Gasteiger partial charge in [0.05, 0.1) is 26.0 Å². The molecule has 3 aromatic rings. The lowest BCUT2D eigenvalue weighted by molar-refractivity contribution is 0.115. The summed E-state index contributed by atoms with van der Waals surface area (Å²) < 4.78 is 45.2. The molecule has 13 nitrogen and oxygen atoms in total. The average Bonchev–Trinajstić information content (AvgIpc) is 3.57. The van der Waals surface area contributed by atoms with E-state index in [4.69, 9.17) is 14.2 Å². The van der Waals surface area contributed by atoms with Crippen LogP contribution in [0, 0.1) is 0 Å². The van der Waals surface area contributed by atoms with Crippen molar-refractivity contribution in [3.63, 3.8) is 0 Å². The Morgan fingerprint density at radius 2 is 2.12 bits per heavy atom. The van der Waals surface area contributed by atoms with Gasteiger partial charge < -0.3 is 24.5 Å². The molecule has 1 amide bonds. The third-order valence-electron chi connectivity index (χ3n) is 5.60. The number of hydrogen-bond acceptors (Lipinski definition) is 9. The van der Waals surface area contributed by atoms with Gasteiger partial charge in [0.2, 0.25) is 10.0 Å². The number of rotatable bonds is 6. The molecule has 2 unspecified atom stereocenters. The Balaban J connectivity index is 1.51. The number of aromatic amines is 1. The van der Waals surface area contributed by atoms with Crippen molar-refractivity contribution in [1.29, 1.82) is 0 Å². The first kappa shape index (κ1) is 20.7. The summed E-state index contributed by atoms with van der Waals surface area (Å²) in [6.45, 7) is 0.954. The van der Waals surface area contributed by atoms with Gasteiger partial charge in [-0.25, -0.2) is 18.2 Å².